The maximum Gasteiger partial charge on any atom is 0.311 e. The molecule has 1 saturated heterocycles. The van der Waals surface area contributed by atoms with Crippen molar-refractivity contribution in [2.45, 2.75) is 18.9 Å². The van der Waals surface area contributed by atoms with Crippen LogP contribution in [0.25, 0.3) is 10.9 Å². The molecule has 1 aliphatic rings. The molecule has 1 atom stereocenters. The summed E-state index contributed by atoms with van der Waals surface area (Å²) in [6.07, 6.45) is 3.23. The monoisotopic (exact) mass is 350 g/mol. The predicted molar refractivity (Wildman–Crippen MR) is 85.5 cm³/mol. The second-order valence-corrected chi connectivity index (χ2v) is 6.17. The quantitative estimate of drug-likeness (QED) is 0.664. The van der Waals surface area contributed by atoms with Gasteiger partial charge in [-0.15, -0.1) is 0 Å². The van der Waals surface area contributed by atoms with Crippen molar-refractivity contribution in [1.29, 1.82) is 0 Å². The van der Waals surface area contributed by atoms with Gasteiger partial charge in [0.2, 0.25) is 0 Å². The Morgan fingerprint density at radius 2 is 2.29 bits per heavy atom. The minimum atomic E-state index is -0.372. The van der Waals surface area contributed by atoms with Gasteiger partial charge in [-0.2, -0.15) is 0 Å². The molecule has 7 heteroatoms. The van der Waals surface area contributed by atoms with E-state index < -0.39 is 0 Å². The number of anilines is 1. The summed E-state index contributed by atoms with van der Waals surface area (Å²) in [6, 6.07) is 5.67. The van der Waals surface area contributed by atoms with Crippen LogP contribution < -0.4 is 10.6 Å². The first kappa shape index (κ1) is 14.2. The van der Waals surface area contributed by atoms with Gasteiger partial charge >= 0.3 is 5.69 Å². The standard InChI is InChI=1S/C14H15BrN4O2/c15-9-3-4-12-11(6-9)14(13(7-17-12)19(20)21)18-5-1-2-10(16)8-18/h3-4,6-7,10H,1-2,5,8,16H2/t10-/m1/s1. The molecule has 0 spiro atoms. The van der Waals surface area contributed by atoms with Gasteiger partial charge < -0.3 is 10.6 Å². The van der Waals surface area contributed by atoms with E-state index in [0.29, 0.717) is 12.2 Å². The van der Waals surface area contributed by atoms with Crippen molar-refractivity contribution < 1.29 is 4.92 Å². The van der Waals surface area contributed by atoms with Gasteiger partial charge in [0.05, 0.1) is 10.4 Å². The molecule has 0 bridgehead atoms. The van der Waals surface area contributed by atoms with Crippen LogP contribution in [0, 0.1) is 10.1 Å². The number of aromatic nitrogens is 1. The molecule has 110 valence electrons. The van der Waals surface area contributed by atoms with Crippen LogP contribution in [0.2, 0.25) is 0 Å². The third-order valence-electron chi connectivity index (χ3n) is 3.75. The molecule has 0 amide bonds. The number of piperidine rings is 1. The average molecular weight is 351 g/mol. The lowest BCUT2D eigenvalue weighted by molar-refractivity contribution is -0.384. The molecule has 21 heavy (non-hydrogen) atoms. The molecule has 0 aliphatic carbocycles. The smallest absolute Gasteiger partial charge is 0.311 e. The van der Waals surface area contributed by atoms with Crippen molar-refractivity contribution >= 4 is 38.2 Å². The molecule has 2 heterocycles. The highest BCUT2D eigenvalue weighted by atomic mass is 79.9. The number of halogens is 1. The maximum absolute atomic E-state index is 11.4. The number of pyridine rings is 1. The van der Waals surface area contributed by atoms with Gasteiger partial charge in [0.25, 0.3) is 0 Å². The minimum absolute atomic E-state index is 0.0368. The first-order valence-corrected chi connectivity index (χ1v) is 7.59. The van der Waals surface area contributed by atoms with E-state index in [4.69, 9.17) is 5.73 Å². The topological polar surface area (TPSA) is 85.3 Å². The summed E-state index contributed by atoms with van der Waals surface area (Å²) < 4.78 is 0.875. The fourth-order valence-electron chi connectivity index (χ4n) is 2.82. The molecule has 1 aromatic heterocycles. The third kappa shape index (κ3) is 2.71. The SMILES string of the molecule is N[C@@H]1CCCN(c2c([N+](=O)[O-])cnc3ccc(Br)cc23)C1. The normalized spacial score (nSPS) is 19.0. The summed E-state index contributed by atoms with van der Waals surface area (Å²) >= 11 is 3.42. The first-order chi connectivity index (χ1) is 10.1. The highest BCUT2D eigenvalue weighted by Gasteiger charge is 2.26. The second kappa shape index (κ2) is 5.57. The number of nitrogens with two attached hydrogens (primary N) is 1. The Balaban J connectivity index is 2.22. The summed E-state index contributed by atoms with van der Waals surface area (Å²) in [6.45, 7) is 1.41. The molecular formula is C14H15BrN4O2. The Labute approximate surface area is 130 Å². The van der Waals surface area contributed by atoms with Crippen LogP contribution in [0.1, 0.15) is 12.8 Å². The molecule has 1 aromatic carbocycles. The summed E-state index contributed by atoms with van der Waals surface area (Å²) in [4.78, 5) is 17.2. The summed E-state index contributed by atoms with van der Waals surface area (Å²) in [5, 5.41) is 12.2. The van der Waals surface area contributed by atoms with Crippen molar-refractivity contribution in [3.05, 3.63) is 39.0 Å². The van der Waals surface area contributed by atoms with Gasteiger partial charge in [0, 0.05) is 29.0 Å². The summed E-state index contributed by atoms with van der Waals surface area (Å²) in [5.41, 5.74) is 7.44. The molecular weight excluding hydrogens is 336 g/mol. The number of rotatable bonds is 2. The molecule has 2 N–H and O–H groups in total. The van der Waals surface area contributed by atoms with Crippen molar-refractivity contribution in [3.8, 4) is 0 Å². The highest BCUT2D eigenvalue weighted by Crippen LogP contribution is 2.37. The van der Waals surface area contributed by atoms with Gasteiger partial charge in [-0.25, -0.2) is 4.98 Å². The molecule has 0 radical (unpaired) electrons. The van der Waals surface area contributed by atoms with Gasteiger partial charge in [0.1, 0.15) is 11.9 Å². The zero-order valence-electron chi connectivity index (χ0n) is 11.3. The van der Waals surface area contributed by atoms with E-state index in [1.165, 1.54) is 6.20 Å². The average Bonchev–Trinajstić information content (AvgIpc) is 2.45. The van der Waals surface area contributed by atoms with Crippen molar-refractivity contribution in [3.63, 3.8) is 0 Å². The van der Waals surface area contributed by atoms with Crippen LogP contribution in [0.4, 0.5) is 11.4 Å². The van der Waals surface area contributed by atoms with Gasteiger partial charge in [0.15, 0.2) is 0 Å². The van der Waals surface area contributed by atoms with E-state index in [-0.39, 0.29) is 16.7 Å². The van der Waals surface area contributed by atoms with Crippen molar-refractivity contribution in [2.75, 3.05) is 18.0 Å². The van der Waals surface area contributed by atoms with Crippen LogP contribution >= 0.6 is 15.9 Å². The number of fused-ring (bicyclic) bond motifs is 1. The Hall–Kier alpha value is -1.73. The van der Waals surface area contributed by atoms with Crippen LogP contribution in [-0.2, 0) is 0 Å². The van der Waals surface area contributed by atoms with Crippen LogP contribution in [-0.4, -0.2) is 29.0 Å². The molecule has 0 saturated carbocycles. The lowest BCUT2D eigenvalue weighted by atomic mass is 10.0. The molecule has 2 aromatic rings. The minimum Gasteiger partial charge on any atom is -0.364 e. The van der Waals surface area contributed by atoms with Crippen molar-refractivity contribution in [1.82, 2.24) is 4.98 Å². The zero-order chi connectivity index (χ0) is 15.0. The van der Waals surface area contributed by atoms with E-state index in [1.54, 1.807) is 0 Å². The Bertz CT molecular complexity index is 707. The molecule has 1 aliphatic heterocycles. The summed E-state index contributed by atoms with van der Waals surface area (Å²) in [5.74, 6) is 0. The third-order valence-corrected chi connectivity index (χ3v) is 4.25. The van der Waals surface area contributed by atoms with Gasteiger partial charge in [-0.1, -0.05) is 15.9 Å². The fourth-order valence-corrected chi connectivity index (χ4v) is 3.18. The number of nitrogens with zero attached hydrogens (tertiary/aromatic N) is 3. The van der Waals surface area contributed by atoms with E-state index in [0.717, 1.165) is 34.8 Å². The van der Waals surface area contributed by atoms with E-state index >= 15 is 0 Å². The second-order valence-electron chi connectivity index (χ2n) is 5.26. The number of benzene rings is 1. The van der Waals surface area contributed by atoms with Gasteiger partial charge in [-0.05, 0) is 31.0 Å². The maximum atomic E-state index is 11.4. The predicted octanol–water partition coefficient (Wildman–Crippen LogP) is 2.83. The lowest BCUT2D eigenvalue weighted by Crippen LogP contribution is -2.43. The van der Waals surface area contributed by atoms with Gasteiger partial charge in [-0.3, -0.25) is 10.1 Å². The largest absolute Gasteiger partial charge is 0.364 e. The number of hydrogen-bond donors (Lipinski definition) is 1. The number of nitro groups is 1. The molecule has 6 nitrogen and oxygen atoms in total. The summed E-state index contributed by atoms with van der Waals surface area (Å²) in [7, 11) is 0. The van der Waals surface area contributed by atoms with E-state index in [2.05, 4.69) is 20.9 Å². The van der Waals surface area contributed by atoms with E-state index in [9.17, 15) is 10.1 Å². The first-order valence-electron chi connectivity index (χ1n) is 6.79. The highest BCUT2D eigenvalue weighted by molar-refractivity contribution is 9.10. The Kier molecular flexibility index (Phi) is 3.77. The molecule has 0 unspecified atom stereocenters. The van der Waals surface area contributed by atoms with Crippen LogP contribution in [0.3, 0.4) is 0 Å². The molecule has 1 fully saturated rings. The van der Waals surface area contributed by atoms with Crippen molar-refractivity contribution in [2.24, 2.45) is 5.73 Å². The Morgan fingerprint density at radius 1 is 1.48 bits per heavy atom. The van der Waals surface area contributed by atoms with E-state index in [1.807, 2.05) is 23.1 Å². The molecule has 3 rings (SSSR count). The number of hydrogen-bond acceptors (Lipinski definition) is 5. The van der Waals surface area contributed by atoms with Crippen LogP contribution in [0.5, 0.6) is 0 Å². The lowest BCUT2D eigenvalue weighted by Gasteiger charge is -2.32. The Morgan fingerprint density at radius 3 is 3.00 bits per heavy atom. The van der Waals surface area contributed by atoms with Crippen LogP contribution in [0.15, 0.2) is 28.9 Å². The zero-order valence-corrected chi connectivity index (χ0v) is 12.9. The fraction of sp³-hybridized carbons (Fsp3) is 0.357.